The first-order valence-electron chi connectivity index (χ1n) is 8.78. The van der Waals surface area contributed by atoms with Gasteiger partial charge in [-0.2, -0.15) is 0 Å². The highest BCUT2D eigenvalue weighted by molar-refractivity contribution is 5.97. The molecular formula is C18H21N3O4. The maximum atomic E-state index is 12.1. The van der Waals surface area contributed by atoms with E-state index in [2.05, 4.69) is 10.6 Å². The minimum atomic E-state index is -0.482. The second-order valence-corrected chi connectivity index (χ2v) is 7.52. The van der Waals surface area contributed by atoms with Crippen LogP contribution < -0.4 is 10.6 Å². The van der Waals surface area contributed by atoms with Crippen LogP contribution in [0.3, 0.4) is 0 Å². The molecule has 2 amide bonds. The fourth-order valence-corrected chi connectivity index (χ4v) is 5.02. The van der Waals surface area contributed by atoms with Crippen molar-refractivity contribution in [1.29, 1.82) is 0 Å². The smallest absolute Gasteiger partial charge is 0.272 e. The first-order valence-corrected chi connectivity index (χ1v) is 8.78. The molecule has 4 unspecified atom stereocenters. The molecule has 7 heteroatoms. The van der Waals surface area contributed by atoms with E-state index in [0.29, 0.717) is 29.0 Å². The molecule has 3 aliphatic rings. The monoisotopic (exact) mass is 343 g/mol. The molecule has 0 heterocycles. The summed E-state index contributed by atoms with van der Waals surface area (Å²) in [6.07, 6.45) is 3.93. The topological polar surface area (TPSA) is 101 Å². The zero-order valence-corrected chi connectivity index (χ0v) is 14.0. The highest BCUT2D eigenvalue weighted by atomic mass is 16.6. The minimum Gasteiger partial charge on any atom is -0.351 e. The first-order chi connectivity index (χ1) is 12.0. The van der Waals surface area contributed by atoms with Crippen LogP contribution in [-0.2, 0) is 4.79 Å². The molecule has 1 aromatic rings. The predicted molar refractivity (Wildman–Crippen MR) is 89.9 cm³/mol. The van der Waals surface area contributed by atoms with Gasteiger partial charge in [0.05, 0.1) is 11.5 Å². The lowest BCUT2D eigenvalue weighted by Gasteiger charge is -2.11. The zero-order chi connectivity index (χ0) is 17.7. The molecule has 1 aromatic carbocycles. The molecule has 3 fully saturated rings. The van der Waals surface area contributed by atoms with Crippen LogP contribution in [0.4, 0.5) is 5.69 Å². The fourth-order valence-electron chi connectivity index (χ4n) is 5.02. The average molecular weight is 343 g/mol. The van der Waals surface area contributed by atoms with Crippen LogP contribution in [0.25, 0.3) is 0 Å². The SMILES string of the molecule is Cc1cc(C(=O)NCC(=O)NC2C3C4CCC(C4)C23)ccc1[N+](=O)[O-]. The molecule has 132 valence electrons. The molecule has 7 nitrogen and oxygen atoms in total. The van der Waals surface area contributed by atoms with Crippen molar-refractivity contribution in [1.82, 2.24) is 10.6 Å². The number of carbonyl (C=O) groups excluding carboxylic acids is 2. The van der Waals surface area contributed by atoms with Gasteiger partial charge in [-0.3, -0.25) is 19.7 Å². The van der Waals surface area contributed by atoms with Crippen LogP contribution in [0.1, 0.15) is 35.2 Å². The van der Waals surface area contributed by atoms with E-state index < -0.39 is 10.8 Å². The summed E-state index contributed by atoms with van der Waals surface area (Å²) in [7, 11) is 0. The van der Waals surface area contributed by atoms with E-state index in [1.807, 2.05) is 0 Å². The number of hydrogen-bond donors (Lipinski definition) is 2. The van der Waals surface area contributed by atoms with Crippen molar-refractivity contribution >= 4 is 17.5 Å². The molecule has 4 rings (SSSR count). The van der Waals surface area contributed by atoms with Gasteiger partial charge in [0.25, 0.3) is 11.6 Å². The van der Waals surface area contributed by atoms with Gasteiger partial charge in [0.2, 0.25) is 5.91 Å². The third-order valence-corrected chi connectivity index (χ3v) is 6.13. The van der Waals surface area contributed by atoms with Gasteiger partial charge in [0, 0.05) is 23.2 Å². The molecule has 2 bridgehead atoms. The summed E-state index contributed by atoms with van der Waals surface area (Å²) in [6.45, 7) is 1.52. The predicted octanol–water partition coefficient (Wildman–Crippen LogP) is 1.79. The maximum absolute atomic E-state index is 12.1. The highest BCUT2D eigenvalue weighted by Gasteiger charge is 2.65. The van der Waals surface area contributed by atoms with E-state index in [1.165, 1.54) is 37.5 Å². The van der Waals surface area contributed by atoms with Crippen molar-refractivity contribution in [3.8, 4) is 0 Å². The molecule has 0 saturated heterocycles. The largest absolute Gasteiger partial charge is 0.351 e. The standard InChI is InChI=1S/C18H21N3O4/c1-9-6-12(4-5-13(9)21(24)25)18(23)19-8-14(22)20-17-15-10-2-3-11(7-10)16(15)17/h4-6,10-11,15-17H,2-3,7-8H2,1H3,(H,19,23)(H,20,22). The number of amides is 2. The minimum absolute atomic E-state index is 0.0239. The van der Waals surface area contributed by atoms with Gasteiger partial charge in [0.1, 0.15) is 0 Å². The summed E-state index contributed by atoms with van der Waals surface area (Å²) in [5, 5.41) is 16.5. The molecule has 3 saturated carbocycles. The molecule has 0 radical (unpaired) electrons. The summed E-state index contributed by atoms with van der Waals surface area (Å²) in [6, 6.07) is 4.48. The van der Waals surface area contributed by atoms with Crippen molar-refractivity contribution in [2.75, 3.05) is 6.54 Å². The second kappa shape index (κ2) is 5.82. The Kier molecular flexibility index (Phi) is 3.74. The van der Waals surface area contributed by atoms with E-state index in [0.717, 1.165) is 11.8 Å². The number of aryl methyl sites for hydroxylation is 1. The summed E-state index contributed by atoms with van der Waals surface area (Å²) in [4.78, 5) is 34.6. The van der Waals surface area contributed by atoms with Crippen LogP contribution in [-0.4, -0.2) is 29.3 Å². The van der Waals surface area contributed by atoms with Gasteiger partial charge < -0.3 is 10.6 Å². The number of nitrogens with zero attached hydrogens (tertiary/aromatic N) is 1. The lowest BCUT2D eigenvalue weighted by atomic mass is 10.0. The Hall–Kier alpha value is -2.44. The third-order valence-electron chi connectivity index (χ3n) is 6.13. The van der Waals surface area contributed by atoms with Gasteiger partial charge in [-0.25, -0.2) is 0 Å². The highest BCUT2D eigenvalue weighted by Crippen LogP contribution is 2.65. The second-order valence-electron chi connectivity index (χ2n) is 7.52. The fraction of sp³-hybridized carbons (Fsp3) is 0.556. The summed E-state index contributed by atoms with van der Waals surface area (Å²) < 4.78 is 0. The Bertz CT molecular complexity index is 747. The van der Waals surface area contributed by atoms with Crippen LogP contribution in [0.2, 0.25) is 0 Å². The number of hydrogen-bond acceptors (Lipinski definition) is 4. The van der Waals surface area contributed by atoms with Crippen molar-refractivity contribution < 1.29 is 14.5 Å². The number of nitro benzene ring substituents is 1. The molecule has 25 heavy (non-hydrogen) atoms. The zero-order valence-electron chi connectivity index (χ0n) is 14.0. The Balaban J connectivity index is 1.28. The number of benzene rings is 1. The van der Waals surface area contributed by atoms with Crippen molar-refractivity contribution in [2.24, 2.45) is 23.7 Å². The van der Waals surface area contributed by atoms with E-state index in [4.69, 9.17) is 0 Å². The quantitative estimate of drug-likeness (QED) is 0.628. The Morgan fingerprint density at radius 2 is 1.92 bits per heavy atom. The summed E-state index contributed by atoms with van der Waals surface area (Å²) in [5.41, 5.74) is 0.713. The van der Waals surface area contributed by atoms with Gasteiger partial charge in [0.15, 0.2) is 0 Å². The lowest BCUT2D eigenvalue weighted by Crippen LogP contribution is -2.39. The van der Waals surface area contributed by atoms with Gasteiger partial charge in [-0.1, -0.05) is 0 Å². The van der Waals surface area contributed by atoms with Crippen molar-refractivity contribution in [3.05, 3.63) is 39.4 Å². The Morgan fingerprint density at radius 1 is 1.24 bits per heavy atom. The molecule has 3 aliphatic carbocycles. The van der Waals surface area contributed by atoms with E-state index in [-0.39, 0.29) is 18.1 Å². The van der Waals surface area contributed by atoms with E-state index in [9.17, 15) is 19.7 Å². The Labute approximate surface area is 145 Å². The van der Waals surface area contributed by atoms with Crippen LogP contribution in [0, 0.1) is 40.7 Å². The molecule has 0 aliphatic heterocycles. The molecule has 4 atom stereocenters. The number of nitro groups is 1. The lowest BCUT2D eigenvalue weighted by molar-refractivity contribution is -0.385. The van der Waals surface area contributed by atoms with E-state index in [1.54, 1.807) is 6.92 Å². The Morgan fingerprint density at radius 3 is 2.52 bits per heavy atom. The number of rotatable bonds is 5. The molecule has 0 spiro atoms. The van der Waals surface area contributed by atoms with Crippen molar-refractivity contribution in [2.45, 2.75) is 32.2 Å². The summed E-state index contributed by atoms with van der Waals surface area (Å²) >= 11 is 0. The van der Waals surface area contributed by atoms with Crippen LogP contribution >= 0.6 is 0 Å². The molecule has 0 aromatic heterocycles. The van der Waals surface area contributed by atoms with E-state index >= 15 is 0 Å². The normalized spacial score (nSPS) is 31.3. The van der Waals surface area contributed by atoms with Crippen molar-refractivity contribution in [3.63, 3.8) is 0 Å². The molecular weight excluding hydrogens is 322 g/mol. The van der Waals surface area contributed by atoms with Crippen LogP contribution in [0.5, 0.6) is 0 Å². The number of carbonyl (C=O) groups is 2. The van der Waals surface area contributed by atoms with Crippen LogP contribution in [0.15, 0.2) is 18.2 Å². The maximum Gasteiger partial charge on any atom is 0.272 e. The number of nitrogens with one attached hydrogen (secondary N) is 2. The van der Waals surface area contributed by atoms with Gasteiger partial charge in [-0.05, 0) is 62.0 Å². The molecule has 2 N–H and O–H groups in total. The summed E-state index contributed by atoms with van der Waals surface area (Å²) in [5.74, 6) is 2.34. The third kappa shape index (κ3) is 2.77. The first kappa shape index (κ1) is 16.1. The number of fused-ring (bicyclic) bond motifs is 5. The average Bonchev–Trinajstić information content (AvgIpc) is 2.95. The van der Waals surface area contributed by atoms with Gasteiger partial charge >= 0.3 is 0 Å². The van der Waals surface area contributed by atoms with Gasteiger partial charge in [-0.15, -0.1) is 0 Å².